The van der Waals surface area contributed by atoms with Gasteiger partial charge in [-0.15, -0.1) is 0 Å². The van der Waals surface area contributed by atoms with E-state index in [1.54, 1.807) is 23.9 Å². The van der Waals surface area contributed by atoms with Crippen LogP contribution in [0.15, 0.2) is 57.9 Å². The number of likely N-dealkylation sites (tertiary alicyclic amines) is 1. The number of hydrogen-bond acceptors (Lipinski definition) is 7. The van der Waals surface area contributed by atoms with Gasteiger partial charge in [0.2, 0.25) is 5.89 Å². The Balaban J connectivity index is 1.28. The lowest BCUT2D eigenvalue weighted by Crippen LogP contribution is -2.47. The van der Waals surface area contributed by atoms with Gasteiger partial charge in [0, 0.05) is 29.8 Å². The highest BCUT2D eigenvalue weighted by Gasteiger charge is 2.38. The molecule has 2 aliphatic heterocycles. The van der Waals surface area contributed by atoms with E-state index in [0.29, 0.717) is 40.7 Å². The third-order valence-corrected chi connectivity index (χ3v) is 9.34. The predicted octanol–water partition coefficient (Wildman–Crippen LogP) is 8.12. The first kappa shape index (κ1) is 28.5. The zero-order valence-electron chi connectivity index (χ0n) is 24.2. The molecule has 7 nitrogen and oxygen atoms in total. The number of thioether (sulfide) groups is 1. The predicted molar refractivity (Wildman–Crippen MR) is 169 cm³/mol. The van der Waals surface area contributed by atoms with Crippen LogP contribution in [0, 0.1) is 13.8 Å². The highest BCUT2D eigenvalue weighted by molar-refractivity contribution is 8.15. The van der Waals surface area contributed by atoms with Gasteiger partial charge in [0.1, 0.15) is 17.4 Å². The first-order valence-electron chi connectivity index (χ1n) is 14.0. The summed E-state index contributed by atoms with van der Waals surface area (Å²) in [6, 6.07) is 15.9. The summed E-state index contributed by atoms with van der Waals surface area (Å²) in [7, 11) is 0. The maximum absolute atomic E-state index is 12.7. The number of ether oxygens (including phenoxy) is 1. The number of carbonyl (C=O) groups is 2. The Morgan fingerprint density at radius 1 is 1.07 bits per heavy atom. The molecular weight excluding hydrogens is 570 g/mol. The monoisotopic (exact) mass is 601 g/mol. The smallest absolute Gasteiger partial charge is 0.410 e. The van der Waals surface area contributed by atoms with Gasteiger partial charge in [-0.25, -0.2) is 9.78 Å². The minimum absolute atomic E-state index is 0.183. The number of rotatable bonds is 4. The highest BCUT2D eigenvalue weighted by atomic mass is 35.5. The van der Waals surface area contributed by atoms with E-state index in [1.807, 2.05) is 37.8 Å². The molecule has 2 aliphatic rings. The number of hydrogen-bond donors (Lipinski definition) is 0. The lowest BCUT2D eigenvalue weighted by Gasteiger charge is -2.34. The number of benzene rings is 3. The maximum Gasteiger partial charge on any atom is 0.410 e. The van der Waals surface area contributed by atoms with Crippen LogP contribution in [-0.4, -0.2) is 57.3 Å². The molecule has 1 fully saturated rings. The molecule has 9 heteroatoms. The Kier molecular flexibility index (Phi) is 7.39. The standard InChI is InChI=1S/C33H32ClN3O4S/c1-18-21(8-6-10-23(18)30-35-27-15-20(17-38)14-25(34)29(27)40-30)22-9-7-11-24(19(22)2)31-36-26-12-13-37(16-28(26)42-31)32(39)41-33(3,4)5/h6-11,14-15,17,26,28H,12-13,16H2,1-5H3. The van der Waals surface area contributed by atoms with Crippen molar-refractivity contribution in [2.24, 2.45) is 4.99 Å². The van der Waals surface area contributed by atoms with Gasteiger partial charge in [0.15, 0.2) is 5.58 Å². The molecule has 0 saturated carbocycles. The van der Waals surface area contributed by atoms with Crippen molar-refractivity contribution < 1.29 is 18.7 Å². The highest BCUT2D eigenvalue weighted by Crippen LogP contribution is 2.40. The second kappa shape index (κ2) is 10.9. The zero-order valence-corrected chi connectivity index (χ0v) is 25.8. The summed E-state index contributed by atoms with van der Waals surface area (Å²) in [5.74, 6) is 0.456. The van der Waals surface area contributed by atoms with Crippen LogP contribution in [0.2, 0.25) is 5.02 Å². The maximum atomic E-state index is 12.7. The van der Waals surface area contributed by atoms with Crippen molar-refractivity contribution in [1.82, 2.24) is 9.88 Å². The number of aliphatic imine (C=N–C) groups is 1. The van der Waals surface area contributed by atoms with E-state index in [9.17, 15) is 9.59 Å². The molecule has 0 aliphatic carbocycles. The summed E-state index contributed by atoms with van der Waals surface area (Å²) in [5.41, 5.74) is 7.27. The Bertz CT molecular complexity index is 1760. The topological polar surface area (TPSA) is 85.0 Å². The molecule has 0 bridgehead atoms. The quantitative estimate of drug-likeness (QED) is 0.220. The fraction of sp³-hybridized carbons (Fsp3) is 0.333. The number of carbonyl (C=O) groups excluding carboxylic acids is 2. The van der Waals surface area contributed by atoms with Crippen molar-refractivity contribution in [1.29, 1.82) is 0 Å². The minimum atomic E-state index is -0.515. The van der Waals surface area contributed by atoms with Gasteiger partial charge in [0.25, 0.3) is 0 Å². The molecule has 2 atom stereocenters. The normalized spacial score (nSPS) is 18.6. The summed E-state index contributed by atoms with van der Waals surface area (Å²) in [6.07, 6.45) is 1.32. The molecule has 3 heterocycles. The number of halogens is 1. The first-order valence-corrected chi connectivity index (χ1v) is 15.3. The molecule has 42 heavy (non-hydrogen) atoms. The molecule has 4 aromatic rings. The fourth-order valence-corrected chi connectivity index (χ4v) is 7.33. The number of aldehydes is 1. The Hall–Kier alpha value is -3.62. The summed E-state index contributed by atoms with van der Waals surface area (Å²) in [6.45, 7) is 11.1. The third-order valence-electron chi connectivity index (χ3n) is 7.74. The Morgan fingerprint density at radius 3 is 2.43 bits per heavy atom. The van der Waals surface area contributed by atoms with Crippen molar-refractivity contribution in [2.75, 3.05) is 13.1 Å². The van der Waals surface area contributed by atoms with Crippen molar-refractivity contribution in [3.63, 3.8) is 0 Å². The van der Waals surface area contributed by atoms with Crippen LogP contribution in [0.4, 0.5) is 4.79 Å². The van der Waals surface area contributed by atoms with Crippen LogP contribution in [0.5, 0.6) is 0 Å². The molecule has 1 saturated heterocycles. The zero-order chi connectivity index (χ0) is 29.8. The third kappa shape index (κ3) is 5.34. The van der Waals surface area contributed by atoms with Crippen molar-refractivity contribution in [2.45, 2.75) is 57.9 Å². The fourth-order valence-electron chi connectivity index (χ4n) is 5.63. The number of aromatic nitrogens is 1. The van der Waals surface area contributed by atoms with E-state index in [4.69, 9.17) is 25.7 Å². The minimum Gasteiger partial charge on any atom is -0.444 e. The number of amides is 1. The van der Waals surface area contributed by atoms with Crippen molar-refractivity contribution in [3.8, 4) is 22.6 Å². The SMILES string of the molecule is Cc1c(C2=NC3CCN(C(=O)OC(C)(C)C)CC3S2)cccc1-c1cccc(-c2nc3cc(C=O)cc(Cl)c3o2)c1C. The van der Waals surface area contributed by atoms with Crippen LogP contribution in [0.3, 0.4) is 0 Å². The molecule has 2 unspecified atom stereocenters. The Morgan fingerprint density at radius 2 is 1.74 bits per heavy atom. The molecule has 3 aromatic carbocycles. The van der Waals surface area contributed by atoms with Crippen molar-refractivity contribution >= 4 is 51.9 Å². The van der Waals surface area contributed by atoms with Crippen LogP contribution in [0.25, 0.3) is 33.7 Å². The van der Waals surface area contributed by atoms with Gasteiger partial charge in [-0.3, -0.25) is 9.79 Å². The second-order valence-corrected chi connectivity index (χ2v) is 13.5. The van der Waals surface area contributed by atoms with E-state index in [2.05, 4.69) is 43.1 Å². The van der Waals surface area contributed by atoms with E-state index < -0.39 is 5.60 Å². The lowest BCUT2D eigenvalue weighted by atomic mass is 9.91. The molecule has 1 aromatic heterocycles. The first-order chi connectivity index (χ1) is 20.0. The van der Waals surface area contributed by atoms with Gasteiger partial charge in [-0.05, 0) is 81.5 Å². The number of piperidine rings is 1. The molecule has 0 N–H and O–H groups in total. The van der Waals surface area contributed by atoms with Gasteiger partial charge in [-0.2, -0.15) is 0 Å². The van der Waals surface area contributed by atoms with E-state index in [-0.39, 0.29) is 17.4 Å². The number of oxazole rings is 1. The molecular formula is C33H32ClN3O4S. The summed E-state index contributed by atoms with van der Waals surface area (Å²) < 4.78 is 11.7. The van der Waals surface area contributed by atoms with Crippen LogP contribution in [-0.2, 0) is 4.74 Å². The molecule has 6 rings (SSSR count). The van der Waals surface area contributed by atoms with Crippen molar-refractivity contribution in [3.05, 3.63) is 75.8 Å². The largest absolute Gasteiger partial charge is 0.444 e. The van der Waals surface area contributed by atoms with Crippen LogP contribution >= 0.6 is 23.4 Å². The van der Waals surface area contributed by atoms with Gasteiger partial charge >= 0.3 is 6.09 Å². The second-order valence-electron chi connectivity index (χ2n) is 11.8. The van der Waals surface area contributed by atoms with E-state index >= 15 is 0 Å². The molecule has 0 radical (unpaired) electrons. The molecule has 1 amide bonds. The van der Waals surface area contributed by atoms with Gasteiger partial charge < -0.3 is 14.1 Å². The van der Waals surface area contributed by atoms with E-state index in [1.165, 1.54) is 0 Å². The van der Waals surface area contributed by atoms with Gasteiger partial charge in [-0.1, -0.05) is 53.7 Å². The lowest BCUT2D eigenvalue weighted by molar-refractivity contribution is 0.0213. The van der Waals surface area contributed by atoms with Crippen LogP contribution < -0.4 is 0 Å². The van der Waals surface area contributed by atoms with Gasteiger partial charge in [0.05, 0.1) is 21.4 Å². The summed E-state index contributed by atoms with van der Waals surface area (Å²) in [5, 5.41) is 1.58. The number of fused-ring (bicyclic) bond motifs is 2. The average molecular weight is 602 g/mol. The number of nitrogens with zero attached hydrogens (tertiary/aromatic N) is 3. The Labute approximate surface area is 254 Å². The summed E-state index contributed by atoms with van der Waals surface area (Å²) >= 11 is 8.13. The summed E-state index contributed by atoms with van der Waals surface area (Å²) in [4.78, 5) is 35.6. The molecule has 0 spiro atoms. The average Bonchev–Trinajstić information content (AvgIpc) is 3.57. The molecule has 216 valence electrons. The van der Waals surface area contributed by atoms with E-state index in [0.717, 1.165) is 51.1 Å². The van der Waals surface area contributed by atoms with Crippen LogP contribution in [0.1, 0.15) is 54.2 Å².